The van der Waals surface area contributed by atoms with E-state index in [-0.39, 0.29) is 17.8 Å². The summed E-state index contributed by atoms with van der Waals surface area (Å²) >= 11 is 0. The second-order valence-corrected chi connectivity index (χ2v) is 11.3. The van der Waals surface area contributed by atoms with Crippen molar-refractivity contribution in [2.24, 2.45) is 0 Å². The smallest absolute Gasteiger partial charge is 0.141 e. The van der Waals surface area contributed by atoms with E-state index in [0.29, 0.717) is 18.9 Å². The van der Waals surface area contributed by atoms with Crippen LogP contribution in [0, 0.1) is 13.8 Å². The lowest BCUT2D eigenvalue weighted by Crippen LogP contribution is -2.25. The van der Waals surface area contributed by atoms with E-state index in [1.807, 2.05) is 6.20 Å². The van der Waals surface area contributed by atoms with Crippen LogP contribution in [0.4, 0.5) is 0 Å². The quantitative estimate of drug-likeness (QED) is 0.355. The summed E-state index contributed by atoms with van der Waals surface area (Å²) in [6, 6.07) is 13.4. The fraction of sp³-hybridized carbons (Fsp3) is 0.455. The highest BCUT2D eigenvalue weighted by molar-refractivity contribution is 5.77. The summed E-state index contributed by atoms with van der Waals surface area (Å²) < 4.78 is 17.7. The number of hydrogen-bond acceptors (Lipinski definition) is 5. The van der Waals surface area contributed by atoms with Crippen molar-refractivity contribution in [2.75, 3.05) is 19.8 Å². The van der Waals surface area contributed by atoms with Crippen LogP contribution in [0.25, 0.3) is 11.1 Å². The molecule has 2 aliphatic heterocycles. The first-order chi connectivity index (χ1) is 18.5. The van der Waals surface area contributed by atoms with Crippen molar-refractivity contribution in [3.63, 3.8) is 0 Å². The molecule has 2 atom stereocenters. The molecule has 1 fully saturated rings. The summed E-state index contributed by atoms with van der Waals surface area (Å²) in [4.78, 5) is 16.3. The lowest BCUT2D eigenvalue weighted by molar-refractivity contribution is -0.117. The molecule has 5 heteroatoms. The topological polar surface area (TPSA) is 57.7 Å². The third-order valence-corrected chi connectivity index (χ3v) is 8.42. The molecule has 0 amide bonds. The van der Waals surface area contributed by atoms with Crippen LogP contribution in [-0.4, -0.2) is 36.7 Å². The Morgan fingerprint density at radius 2 is 1.84 bits per heavy atom. The summed E-state index contributed by atoms with van der Waals surface area (Å²) in [5, 5.41) is 0. The van der Waals surface area contributed by atoms with Crippen molar-refractivity contribution in [1.29, 1.82) is 0 Å². The van der Waals surface area contributed by atoms with Gasteiger partial charge in [-0.3, -0.25) is 4.98 Å². The average Bonchev–Trinajstić information content (AvgIpc) is 3.48. The molecule has 3 aromatic rings. The van der Waals surface area contributed by atoms with Crippen molar-refractivity contribution in [1.82, 2.24) is 4.98 Å². The van der Waals surface area contributed by atoms with Gasteiger partial charge in [-0.15, -0.1) is 0 Å². The first kappa shape index (κ1) is 25.1. The van der Waals surface area contributed by atoms with Crippen molar-refractivity contribution < 1.29 is 19.0 Å². The molecule has 0 radical (unpaired) electrons. The van der Waals surface area contributed by atoms with E-state index in [9.17, 15) is 4.79 Å². The zero-order valence-electron chi connectivity index (χ0n) is 22.7. The number of nitrogens with zero attached hydrogens (tertiary/aromatic N) is 1. The number of carbonyl (C=O) groups excluding carboxylic acids is 1. The molecule has 0 spiro atoms. The third kappa shape index (κ3) is 4.96. The minimum Gasteiger partial charge on any atom is -0.491 e. The maximum atomic E-state index is 11.6. The fourth-order valence-corrected chi connectivity index (χ4v) is 6.68. The Kier molecular flexibility index (Phi) is 6.96. The molecule has 198 valence electrons. The maximum Gasteiger partial charge on any atom is 0.141 e. The predicted molar refractivity (Wildman–Crippen MR) is 148 cm³/mol. The van der Waals surface area contributed by atoms with E-state index < -0.39 is 0 Å². The second-order valence-electron chi connectivity index (χ2n) is 11.3. The van der Waals surface area contributed by atoms with Gasteiger partial charge in [0.15, 0.2) is 0 Å². The molecule has 3 aliphatic rings. The van der Waals surface area contributed by atoms with Gasteiger partial charge in [-0.05, 0) is 103 Å². The van der Waals surface area contributed by atoms with Gasteiger partial charge in [-0.1, -0.05) is 18.2 Å². The summed E-state index contributed by atoms with van der Waals surface area (Å²) in [6.45, 7) is 8.18. The van der Waals surface area contributed by atoms with E-state index in [2.05, 4.69) is 50.2 Å². The molecule has 38 heavy (non-hydrogen) atoms. The van der Waals surface area contributed by atoms with Gasteiger partial charge in [-0.2, -0.15) is 0 Å². The van der Waals surface area contributed by atoms with Gasteiger partial charge in [0.05, 0.1) is 25.5 Å². The lowest BCUT2D eigenvalue weighted by atomic mass is 9.88. The van der Waals surface area contributed by atoms with Gasteiger partial charge in [-0.25, -0.2) is 0 Å². The average molecular weight is 512 g/mol. The Balaban J connectivity index is 1.22. The van der Waals surface area contributed by atoms with E-state index in [1.165, 1.54) is 38.9 Å². The number of aryl methyl sites for hydroxylation is 2. The molecule has 5 nitrogen and oxygen atoms in total. The fourth-order valence-electron chi connectivity index (χ4n) is 6.68. The molecular weight excluding hydrogens is 474 g/mol. The van der Waals surface area contributed by atoms with Crippen LogP contribution in [0.15, 0.2) is 42.6 Å². The monoisotopic (exact) mass is 511 g/mol. The molecule has 6 rings (SSSR count). The Morgan fingerprint density at radius 1 is 1.05 bits per heavy atom. The summed E-state index contributed by atoms with van der Waals surface area (Å²) in [5.41, 5.74) is 10.3. The third-order valence-electron chi connectivity index (χ3n) is 8.42. The molecule has 2 aromatic carbocycles. The van der Waals surface area contributed by atoms with Crippen LogP contribution in [0.5, 0.6) is 11.5 Å². The van der Waals surface area contributed by atoms with Crippen LogP contribution in [0.1, 0.15) is 78.0 Å². The Morgan fingerprint density at radius 3 is 2.61 bits per heavy atom. The van der Waals surface area contributed by atoms with Crippen molar-refractivity contribution in [2.45, 2.75) is 77.2 Å². The number of ketones is 1. The number of hydrogen-bond donors (Lipinski definition) is 0. The van der Waals surface area contributed by atoms with E-state index >= 15 is 0 Å². The molecule has 1 aliphatic carbocycles. The molecule has 0 saturated carbocycles. The van der Waals surface area contributed by atoms with Crippen LogP contribution in [-0.2, 0) is 22.4 Å². The SMILES string of the molecule is CC(=O)CC1COc2cc(C[C@@H]3CCc4c(-c5c(C)cc(OC6CCOCC6)cc5C)cccc43)cnc21. The largest absolute Gasteiger partial charge is 0.491 e. The Bertz CT molecular complexity index is 1330. The number of benzene rings is 2. The zero-order valence-corrected chi connectivity index (χ0v) is 22.7. The van der Waals surface area contributed by atoms with E-state index in [0.717, 1.165) is 62.5 Å². The predicted octanol–water partition coefficient (Wildman–Crippen LogP) is 6.65. The minimum absolute atomic E-state index is 0.0891. The molecule has 1 unspecified atom stereocenters. The lowest BCUT2D eigenvalue weighted by Gasteiger charge is -2.24. The molecule has 1 aromatic heterocycles. The van der Waals surface area contributed by atoms with Gasteiger partial charge in [0.1, 0.15) is 23.4 Å². The first-order valence-electron chi connectivity index (χ1n) is 14.0. The molecule has 0 N–H and O–H groups in total. The van der Waals surface area contributed by atoms with Gasteiger partial charge in [0.2, 0.25) is 0 Å². The van der Waals surface area contributed by atoms with E-state index in [4.69, 9.17) is 19.2 Å². The molecule has 0 bridgehead atoms. The van der Waals surface area contributed by atoms with Gasteiger partial charge in [0, 0.05) is 31.4 Å². The number of pyridine rings is 1. The van der Waals surface area contributed by atoms with Crippen LogP contribution < -0.4 is 9.47 Å². The Hall–Kier alpha value is -3.18. The standard InChI is InChI=1S/C33H37NO4/c1-20-13-27(38-26-9-11-36-12-10-26)14-21(2)32(20)30-6-4-5-28-24(7-8-29(28)30)16-23-17-31-33(34-18-23)25(19-37-31)15-22(3)35/h4-6,13-14,17-18,24-26H,7-12,15-16,19H2,1-3H3/t24-,25?/m0/s1. The summed E-state index contributed by atoms with van der Waals surface area (Å²) in [5.74, 6) is 2.57. The molecule has 1 saturated heterocycles. The van der Waals surface area contributed by atoms with E-state index in [1.54, 1.807) is 6.92 Å². The van der Waals surface area contributed by atoms with Gasteiger partial charge < -0.3 is 19.0 Å². The molecule has 3 heterocycles. The van der Waals surface area contributed by atoms with Crippen LogP contribution >= 0.6 is 0 Å². The van der Waals surface area contributed by atoms with Crippen molar-refractivity contribution >= 4 is 5.78 Å². The van der Waals surface area contributed by atoms with Crippen molar-refractivity contribution in [3.05, 3.63) is 76.1 Å². The highest BCUT2D eigenvalue weighted by Gasteiger charge is 2.30. The van der Waals surface area contributed by atoms with Crippen LogP contribution in [0.3, 0.4) is 0 Å². The minimum atomic E-state index is 0.0891. The Labute approximate surface area is 225 Å². The number of ether oxygens (including phenoxy) is 3. The van der Waals surface area contributed by atoms with Gasteiger partial charge in [0.25, 0.3) is 0 Å². The van der Waals surface area contributed by atoms with Crippen LogP contribution in [0.2, 0.25) is 0 Å². The van der Waals surface area contributed by atoms with Gasteiger partial charge >= 0.3 is 0 Å². The number of aromatic nitrogens is 1. The number of Topliss-reactive ketones (excluding diaryl/α,β-unsaturated/α-hetero) is 1. The molecular formula is C33H37NO4. The normalized spacial score (nSPS) is 20.6. The number of carbonyl (C=O) groups is 1. The summed E-state index contributed by atoms with van der Waals surface area (Å²) in [6.07, 6.45) is 7.83. The van der Waals surface area contributed by atoms with Crippen molar-refractivity contribution in [3.8, 4) is 22.6 Å². The number of rotatable bonds is 7. The maximum absolute atomic E-state index is 11.6. The second kappa shape index (κ2) is 10.5. The summed E-state index contributed by atoms with van der Waals surface area (Å²) in [7, 11) is 0. The zero-order chi connectivity index (χ0) is 26.2. The first-order valence-corrected chi connectivity index (χ1v) is 14.0. The highest BCUT2D eigenvalue weighted by atomic mass is 16.5. The highest BCUT2D eigenvalue weighted by Crippen LogP contribution is 2.43. The number of fused-ring (bicyclic) bond motifs is 2.